The molecule has 1 aliphatic carbocycles. The smallest absolute Gasteiger partial charge is 0.159 e. The lowest BCUT2D eigenvalue weighted by molar-refractivity contribution is 0.101. The van der Waals surface area contributed by atoms with Gasteiger partial charge in [0.05, 0.1) is 0 Å². The van der Waals surface area contributed by atoms with Gasteiger partial charge in [-0.2, -0.15) is 0 Å². The van der Waals surface area contributed by atoms with E-state index in [0.717, 1.165) is 12.0 Å². The second-order valence-electron chi connectivity index (χ2n) is 3.84. The Morgan fingerprint density at radius 3 is 2.77 bits per heavy atom. The molecule has 1 aromatic carbocycles. The van der Waals surface area contributed by atoms with Crippen molar-refractivity contribution in [1.29, 1.82) is 0 Å². The molecule has 0 bridgehead atoms. The number of ketones is 1. The van der Waals surface area contributed by atoms with Crippen LogP contribution in [-0.4, -0.2) is 5.78 Å². The van der Waals surface area contributed by atoms with Crippen molar-refractivity contribution in [3.8, 4) is 0 Å². The molecule has 1 heteroatoms. The zero-order valence-corrected chi connectivity index (χ0v) is 8.18. The third kappa shape index (κ3) is 1.39. The van der Waals surface area contributed by atoms with Gasteiger partial charge in [-0.3, -0.25) is 4.79 Å². The molecular weight excluding hydrogens is 160 g/mol. The molecule has 0 fully saturated rings. The van der Waals surface area contributed by atoms with Crippen LogP contribution in [0.15, 0.2) is 12.1 Å². The van der Waals surface area contributed by atoms with Gasteiger partial charge in [0.25, 0.3) is 0 Å². The van der Waals surface area contributed by atoms with E-state index in [1.165, 1.54) is 29.5 Å². The van der Waals surface area contributed by atoms with Crippen LogP contribution in [0.3, 0.4) is 0 Å². The molecule has 13 heavy (non-hydrogen) atoms. The molecular formula is C12H14O. The number of aryl methyl sites for hydroxylation is 2. The Morgan fingerprint density at radius 1 is 1.31 bits per heavy atom. The fourth-order valence-electron chi connectivity index (χ4n) is 2.13. The Kier molecular flexibility index (Phi) is 1.95. The summed E-state index contributed by atoms with van der Waals surface area (Å²) < 4.78 is 0. The van der Waals surface area contributed by atoms with E-state index in [-0.39, 0.29) is 5.78 Å². The maximum atomic E-state index is 11.2. The van der Waals surface area contributed by atoms with Crippen molar-refractivity contribution in [3.63, 3.8) is 0 Å². The predicted molar refractivity (Wildman–Crippen MR) is 53.2 cm³/mol. The molecule has 0 aromatic heterocycles. The van der Waals surface area contributed by atoms with Gasteiger partial charge >= 0.3 is 0 Å². The number of carbonyl (C=O) groups excluding carboxylic acids is 1. The highest BCUT2D eigenvalue weighted by Gasteiger charge is 2.14. The maximum Gasteiger partial charge on any atom is 0.159 e. The van der Waals surface area contributed by atoms with Crippen LogP contribution in [0.1, 0.15) is 40.4 Å². The minimum Gasteiger partial charge on any atom is -0.295 e. The highest BCUT2D eigenvalue weighted by molar-refractivity contribution is 5.94. The van der Waals surface area contributed by atoms with Gasteiger partial charge in [0.15, 0.2) is 5.78 Å². The van der Waals surface area contributed by atoms with Crippen molar-refractivity contribution < 1.29 is 4.79 Å². The monoisotopic (exact) mass is 174 g/mol. The van der Waals surface area contributed by atoms with Crippen molar-refractivity contribution in [3.05, 3.63) is 34.4 Å². The Hall–Kier alpha value is -1.11. The molecule has 68 valence electrons. The van der Waals surface area contributed by atoms with Gasteiger partial charge < -0.3 is 0 Å². The van der Waals surface area contributed by atoms with Crippen molar-refractivity contribution >= 4 is 5.78 Å². The van der Waals surface area contributed by atoms with Crippen molar-refractivity contribution in [2.45, 2.75) is 33.1 Å². The minimum atomic E-state index is 0.179. The summed E-state index contributed by atoms with van der Waals surface area (Å²) in [4.78, 5) is 11.2. The molecule has 0 aliphatic heterocycles. The number of hydrogen-bond donors (Lipinski definition) is 0. The van der Waals surface area contributed by atoms with Crippen molar-refractivity contribution in [2.24, 2.45) is 0 Å². The molecule has 0 heterocycles. The summed E-state index contributed by atoms with van der Waals surface area (Å²) in [5.41, 5.74) is 5.04. The third-order valence-corrected chi connectivity index (χ3v) is 2.84. The Morgan fingerprint density at radius 2 is 2.08 bits per heavy atom. The van der Waals surface area contributed by atoms with Crippen LogP contribution in [0.5, 0.6) is 0 Å². The zero-order chi connectivity index (χ0) is 9.42. The molecule has 1 aliphatic rings. The van der Waals surface area contributed by atoms with Gasteiger partial charge in [0.2, 0.25) is 0 Å². The summed E-state index contributed by atoms with van der Waals surface area (Å²) in [5.74, 6) is 0.179. The van der Waals surface area contributed by atoms with E-state index in [9.17, 15) is 4.79 Å². The summed E-state index contributed by atoms with van der Waals surface area (Å²) in [6.45, 7) is 3.74. The van der Waals surface area contributed by atoms with E-state index in [2.05, 4.69) is 13.0 Å². The zero-order valence-electron chi connectivity index (χ0n) is 8.18. The Labute approximate surface area is 78.8 Å². The fourth-order valence-corrected chi connectivity index (χ4v) is 2.13. The van der Waals surface area contributed by atoms with Crippen LogP contribution in [0.4, 0.5) is 0 Å². The number of carbonyl (C=O) groups is 1. The highest BCUT2D eigenvalue weighted by atomic mass is 16.1. The van der Waals surface area contributed by atoms with Gasteiger partial charge in [-0.25, -0.2) is 0 Å². The average molecular weight is 174 g/mol. The normalized spacial score (nSPS) is 14.3. The molecule has 1 aromatic rings. The lowest BCUT2D eigenvalue weighted by atomic mass is 9.99. The lowest BCUT2D eigenvalue weighted by Crippen LogP contribution is -1.97. The van der Waals surface area contributed by atoms with Gasteiger partial charge in [0.1, 0.15) is 0 Å². The minimum absolute atomic E-state index is 0.179. The molecule has 0 saturated carbocycles. The summed E-state index contributed by atoms with van der Waals surface area (Å²) in [6.07, 6.45) is 3.59. The van der Waals surface area contributed by atoms with Crippen molar-refractivity contribution in [2.75, 3.05) is 0 Å². The van der Waals surface area contributed by atoms with E-state index in [1.54, 1.807) is 6.92 Å². The maximum absolute atomic E-state index is 11.2. The van der Waals surface area contributed by atoms with Crippen LogP contribution in [0, 0.1) is 6.92 Å². The number of rotatable bonds is 1. The van der Waals surface area contributed by atoms with E-state index >= 15 is 0 Å². The Balaban J connectivity index is 2.55. The van der Waals surface area contributed by atoms with E-state index in [1.807, 2.05) is 6.07 Å². The molecule has 0 amide bonds. The lowest BCUT2D eigenvalue weighted by Gasteiger charge is -2.05. The molecule has 0 N–H and O–H groups in total. The Bertz CT molecular complexity index is 364. The molecule has 0 atom stereocenters. The number of benzene rings is 1. The van der Waals surface area contributed by atoms with Gasteiger partial charge in [-0.05, 0) is 61.9 Å². The van der Waals surface area contributed by atoms with Gasteiger partial charge in [-0.1, -0.05) is 0 Å². The van der Waals surface area contributed by atoms with Crippen LogP contribution < -0.4 is 0 Å². The summed E-state index contributed by atoms with van der Waals surface area (Å²) in [6, 6.07) is 4.09. The number of fused-ring (bicyclic) bond motifs is 1. The van der Waals surface area contributed by atoms with Crippen molar-refractivity contribution in [1.82, 2.24) is 0 Å². The van der Waals surface area contributed by atoms with E-state index in [0.29, 0.717) is 0 Å². The first-order chi connectivity index (χ1) is 6.18. The quantitative estimate of drug-likeness (QED) is 0.598. The summed E-state index contributed by atoms with van der Waals surface area (Å²) >= 11 is 0. The van der Waals surface area contributed by atoms with Gasteiger partial charge in [-0.15, -0.1) is 0 Å². The van der Waals surface area contributed by atoms with Crippen LogP contribution in [-0.2, 0) is 12.8 Å². The van der Waals surface area contributed by atoms with Crippen LogP contribution in [0.2, 0.25) is 0 Å². The van der Waals surface area contributed by atoms with Crippen LogP contribution in [0.25, 0.3) is 0 Å². The second kappa shape index (κ2) is 2.99. The molecule has 0 radical (unpaired) electrons. The number of Topliss-reactive ketones (excluding diaryl/α,β-unsaturated/α-hetero) is 1. The van der Waals surface area contributed by atoms with E-state index in [4.69, 9.17) is 0 Å². The van der Waals surface area contributed by atoms with Gasteiger partial charge in [0, 0.05) is 5.56 Å². The molecule has 2 rings (SSSR count). The largest absolute Gasteiger partial charge is 0.295 e. The SMILES string of the molecule is CC(=O)c1cc(C)c2c(c1)CCC2. The summed E-state index contributed by atoms with van der Waals surface area (Å²) in [5, 5.41) is 0. The summed E-state index contributed by atoms with van der Waals surface area (Å²) in [7, 11) is 0. The molecule has 0 spiro atoms. The average Bonchev–Trinajstić information content (AvgIpc) is 2.51. The first-order valence-corrected chi connectivity index (χ1v) is 4.82. The first kappa shape index (κ1) is 8.49. The van der Waals surface area contributed by atoms with Crippen LogP contribution >= 0.6 is 0 Å². The molecule has 0 unspecified atom stereocenters. The number of hydrogen-bond acceptors (Lipinski definition) is 1. The third-order valence-electron chi connectivity index (χ3n) is 2.84. The molecule has 0 saturated heterocycles. The highest BCUT2D eigenvalue weighted by Crippen LogP contribution is 2.26. The molecule has 1 nitrogen and oxygen atoms in total. The topological polar surface area (TPSA) is 17.1 Å². The fraction of sp³-hybridized carbons (Fsp3) is 0.417. The standard InChI is InChI=1S/C12H14O/c1-8-6-11(9(2)13)7-10-4-3-5-12(8)10/h6-7H,3-5H2,1-2H3. The van der Waals surface area contributed by atoms with E-state index < -0.39 is 0 Å². The first-order valence-electron chi connectivity index (χ1n) is 4.82. The second-order valence-corrected chi connectivity index (χ2v) is 3.84. The predicted octanol–water partition coefficient (Wildman–Crippen LogP) is 2.69.